The molecule has 2 aromatic heterocycles. The third kappa shape index (κ3) is 2.00. The molecule has 3 aromatic rings. The van der Waals surface area contributed by atoms with Crippen LogP contribution in [-0.4, -0.2) is 28.6 Å². The Morgan fingerprint density at radius 1 is 1.32 bits per heavy atom. The predicted octanol–water partition coefficient (Wildman–Crippen LogP) is 1.49. The topological polar surface area (TPSA) is 82.8 Å². The fourth-order valence-electron chi connectivity index (χ4n) is 3.01. The summed E-state index contributed by atoms with van der Waals surface area (Å²) in [5.74, 6) is 0.723. The number of nitrogens with zero attached hydrogens (tertiary/aromatic N) is 1. The monoisotopic (exact) mass is 296 g/mol. The molecule has 112 valence electrons. The molecule has 3 heterocycles. The van der Waals surface area contributed by atoms with Crippen LogP contribution in [-0.2, 0) is 6.42 Å². The van der Waals surface area contributed by atoms with Crippen LogP contribution in [0.25, 0.3) is 10.9 Å². The molecule has 3 N–H and O–H groups in total. The summed E-state index contributed by atoms with van der Waals surface area (Å²) in [5, 5.41) is 4.35. The molecule has 1 aliphatic heterocycles. The highest BCUT2D eigenvalue weighted by molar-refractivity contribution is 5.80. The molecule has 0 unspecified atom stereocenters. The lowest BCUT2D eigenvalue weighted by Crippen LogP contribution is -2.34. The van der Waals surface area contributed by atoms with E-state index in [4.69, 9.17) is 4.74 Å². The molecule has 1 atom stereocenters. The Kier molecular flexibility index (Phi) is 2.97. The molecule has 0 saturated carbocycles. The van der Waals surface area contributed by atoms with Gasteiger partial charge in [0.1, 0.15) is 5.75 Å². The first-order valence-electron chi connectivity index (χ1n) is 7.23. The van der Waals surface area contributed by atoms with Crippen LogP contribution in [0.4, 0.5) is 0 Å². The van der Waals surface area contributed by atoms with Crippen LogP contribution in [0, 0.1) is 0 Å². The van der Waals surface area contributed by atoms with E-state index in [2.05, 4.69) is 20.3 Å². The zero-order chi connectivity index (χ0) is 15.1. The van der Waals surface area contributed by atoms with Crippen LogP contribution in [0.15, 0.2) is 35.4 Å². The van der Waals surface area contributed by atoms with E-state index in [0.29, 0.717) is 5.56 Å². The van der Waals surface area contributed by atoms with Gasteiger partial charge in [0.25, 0.3) is 5.56 Å². The van der Waals surface area contributed by atoms with E-state index < -0.39 is 0 Å². The molecule has 6 heteroatoms. The lowest BCUT2D eigenvalue weighted by atomic mass is 9.98. The number of pyridine rings is 1. The van der Waals surface area contributed by atoms with Crippen molar-refractivity contribution in [1.29, 1.82) is 0 Å². The SMILES string of the molecule is COc1ccc2cc([C@@H]3NCCc4[nH]cnc43)c(=O)[nH]c2c1. The van der Waals surface area contributed by atoms with Gasteiger partial charge in [0.2, 0.25) is 0 Å². The number of hydrogen-bond donors (Lipinski definition) is 3. The summed E-state index contributed by atoms with van der Waals surface area (Å²) < 4.78 is 5.20. The number of H-pyrrole nitrogens is 2. The third-order valence-corrected chi connectivity index (χ3v) is 4.14. The summed E-state index contributed by atoms with van der Waals surface area (Å²) in [7, 11) is 1.61. The molecule has 0 saturated heterocycles. The van der Waals surface area contributed by atoms with Gasteiger partial charge in [-0.25, -0.2) is 4.98 Å². The Bertz CT molecular complexity index is 897. The number of fused-ring (bicyclic) bond motifs is 2. The van der Waals surface area contributed by atoms with Crippen molar-refractivity contribution in [3.8, 4) is 5.75 Å². The quantitative estimate of drug-likeness (QED) is 0.669. The Morgan fingerprint density at radius 3 is 3.09 bits per heavy atom. The number of rotatable bonds is 2. The van der Waals surface area contributed by atoms with E-state index in [-0.39, 0.29) is 11.6 Å². The minimum Gasteiger partial charge on any atom is -0.497 e. The van der Waals surface area contributed by atoms with E-state index in [9.17, 15) is 4.79 Å². The fraction of sp³-hybridized carbons (Fsp3) is 0.250. The first-order chi connectivity index (χ1) is 10.8. The van der Waals surface area contributed by atoms with Crippen LogP contribution in [0.5, 0.6) is 5.75 Å². The van der Waals surface area contributed by atoms with E-state index >= 15 is 0 Å². The van der Waals surface area contributed by atoms with Crippen molar-refractivity contribution in [2.75, 3.05) is 13.7 Å². The zero-order valence-corrected chi connectivity index (χ0v) is 12.1. The number of aromatic amines is 2. The van der Waals surface area contributed by atoms with Gasteiger partial charge in [0.15, 0.2) is 0 Å². The summed E-state index contributed by atoms with van der Waals surface area (Å²) in [6.45, 7) is 0.819. The molecule has 0 fully saturated rings. The maximum atomic E-state index is 12.5. The van der Waals surface area contributed by atoms with Crippen LogP contribution in [0.3, 0.4) is 0 Å². The van der Waals surface area contributed by atoms with Gasteiger partial charge in [-0.1, -0.05) is 0 Å². The highest BCUT2D eigenvalue weighted by Gasteiger charge is 2.26. The normalized spacial score (nSPS) is 17.4. The maximum Gasteiger partial charge on any atom is 0.253 e. The minimum absolute atomic E-state index is 0.103. The maximum absolute atomic E-state index is 12.5. The van der Waals surface area contributed by atoms with Crippen LogP contribution < -0.4 is 15.6 Å². The van der Waals surface area contributed by atoms with Crippen molar-refractivity contribution in [2.45, 2.75) is 12.5 Å². The predicted molar refractivity (Wildman–Crippen MR) is 83.3 cm³/mol. The van der Waals surface area contributed by atoms with Gasteiger partial charge in [0, 0.05) is 30.3 Å². The molecular formula is C16H16N4O2. The molecule has 0 amide bonds. The summed E-state index contributed by atoms with van der Waals surface area (Å²) in [6, 6.07) is 7.41. The average molecular weight is 296 g/mol. The van der Waals surface area contributed by atoms with Crippen molar-refractivity contribution in [3.05, 3.63) is 57.9 Å². The second kappa shape index (κ2) is 4.99. The van der Waals surface area contributed by atoms with Gasteiger partial charge >= 0.3 is 0 Å². The highest BCUT2D eigenvalue weighted by atomic mass is 16.5. The largest absolute Gasteiger partial charge is 0.497 e. The van der Waals surface area contributed by atoms with Crippen LogP contribution in [0.2, 0.25) is 0 Å². The van der Waals surface area contributed by atoms with Gasteiger partial charge in [-0.2, -0.15) is 0 Å². The Labute approximate surface area is 126 Å². The number of methoxy groups -OCH3 is 1. The van der Waals surface area contributed by atoms with E-state index in [0.717, 1.165) is 41.0 Å². The Hall–Kier alpha value is -2.60. The molecule has 1 aromatic carbocycles. The van der Waals surface area contributed by atoms with Crippen LogP contribution in [0.1, 0.15) is 23.0 Å². The van der Waals surface area contributed by atoms with E-state index in [1.165, 1.54) is 0 Å². The minimum atomic E-state index is -0.176. The van der Waals surface area contributed by atoms with Gasteiger partial charge < -0.3 is 20.0 Å². The number of hydrogen-bond acceptors (Lipinski definition) is 4. The number of ether oxygens (including phenoxy) is 1. The fourth-order valence-corrected chi connectivity index (χ4v) is 3.01. The molecule has 6 nitrogen and oxygen atoms in total. The first kappa shape index (κ1) is 13.1. The van der Waals surface area contributed by atoms with Gasteiger partial charge in [-0.15, -0.1) is 0 Å². The molecule has 0 aliphatic carbocycles. The second-order valence-corrected chi connectivity index (χ2v) is 5.41. The van der Waals surface area contributed by atoms with Crippen LogP contribution >= 0.6 is 0 Å². The summed E-state index contributed by atoms with van der Waals surface area (Å²) in [6.07, 6.45) is 2.58. The Morgan fingerprint density at radius 2 is 2.23 bits per heavy atom. The summed E-state index contributed by atoms with van der Waals surface area (Å²) >= 11 is 0. The van der Waals surface area contributed by atoms with Gasteiger partial charge in [0.05, 0.1) is 30.7 Å². The molecule has 22 heavy (non-hydrogen) atoms. The number of imidazole rings is 1. The van der Waals surface area contributed by atoms with Crippen molar-refractivity contribution < 1.29 is 4.74 Å². The lowest BCUT2D eigenvalue weighted by molar-refractivity contribution is 0.415. The number of aromatic nitrogens is 3. The van der Waals surface area contributed by atoms with Crippen molar-refractivity contribution in [3.63, 3.8) is 0 Å². The van der Waals surface area contributed by atoms with E-state index in [1.54, 1.807) is 13.4 Å². The van der Waals surface area contributed by atoms with Crippen molar-refractivity contribution in [2.24, 2.45) is 0 Å². The number of benzene rings is 1. The average Bonchev–Trinajstić information content (AvgIpc) is 3.02. The first-order valence-corrected chi connectivity index (χ1v) is 7.23. The smallest absolute Gasteiger partial charge is 0.253 e. The molecule has 4 rings (SSSR count). The highest BCUT2D eigenvalue weighted by Crippen LogP contribution is 2.26. The van der Waals surface area contributed by atoms with E-state index in [1.807, 2.05) is 24.3 Å². The Balaban J connectivity index is 1.87. The van der Waals surface area contributed by atoms with Gasteiger partial charge in [-0.05, 0) is 23.6 Å². The lowest BCUT2D eigenvalue weighted by Gasteiger charge is -2.22. The second-order valence-electron chi connectivity index (χ2n) is 5.41. The molecule has 0 spiro atoms. The molecule has 0 radical (unpaired) electrons. The van der Waals surface area contributed by atoms with Crippen molar-refractivity contribution in [1.82, 2.24) is 20.3 Å². The standard InChI is InChI=1S/C16H16N4O2/c1-22-10-3-2-9-6-11(16(21)20-13(9)7-10)14-15-12(4-5-17-14)18-8-19-15/h2-3,6-8,14,17H,4-5H2,1H3,(H,18,19)(H,20,21)/t14-/m0/s1. The molecule has 1 aliphatic rings. The third-order valence-electron chi connectivity index (χ3n) is 4.14. The summed E-state index contributed by atoms with van der Waals surface area (Å²) in [5.41, 5.74) is 3.36. The van der Waals surface area contributed by atoms with Crippen molar-refractivity contribution >= 4 is 10.9 Å². The summed E-state index contributed by atoms with van der Waals surface area (Å²) in [4.78, 5) is 23.0. The molecular weight excluding hydrogens is 280 g/mol. The number of nitrogens with one attached hydrogen (secondary N) is 3. The zero-order valence-electron chi connectivity index (χ0n) is 12.1. The van der Waals surface area contributed by atoms with Gasteiger partial charge in [-0.3, -0.25) is 4.79 Å². The molecule has 0 bridgehead atoms.